The summed E-state index contributed by atoms with van der Waals surface area (Å²) in [6.07, 6.45) is 3.60. The summed E-state index contributed by atoms with van der Waals surface area (Å²) in [5.41, 5.74) is 0.138. The molecule has 6 aliphatic rings. The number of carbonyl (C=O) groups is 1. The quantitative estimate of drug-likeness (QED) is 0.573. The van der Waals surface area contributed by atoms with Gasteiger partial charge >= 0.3 is 5.97 Å². The number of hydrogen-bond acceptors (Lipinski definition) is 6. The van der Waals surface area contributed by atoms with E-state index >= 15 is 0 Å². The van der Waals surface area contributed by atoms with Crippen LogP contribution in [-0.2, 0) is 23.7 Å². The van der Waals surface area contributed by atoms with Crippen molar-refractivity contribution in [2.24, 2.45) is 11.3 Å². The number of rotatable bonds is 5. The first-order valence-electron chi connectivity index (χ1n) is 10.9. The molecule has 8 atom stereocenters. The van der Waals surface area contributed by atoms with Crippen molar-refractivity contribution in [2.45, 2.75) is 101 Å². The zero-order chi connectivity index (χ0) is 19.7. The molecule has 3 saturated heterocycles. The Balaban J connectivity index is 1.36. The second kappa shape index (κ2) is 5.02. The molecular weight excluding hydrogens is 360 g/mol. The van der Waals surface area contributed by atoms with E-state index in [0.717, 1.165) is 43.3 Å². The lowest BCUT2D eigenvalue weighted by Gasteiger charge is -2.44. The minimum Gasteiger partial charge on any atom is -0.458 e. The number of hydrogen-bond donors (Lipinski definition) is 1. The van der Waals surface area contributed by atoms with E-state index < -0.39 is 22.9 Å². The van der Waals surface area contributed by atoms with Crippen LogP contribution >= 0.6 is 0 Å². The van der Waals surface area contributed by atoms with Crippen LogP contribution in [0.5, 0.6) is 0 Å². The highest BCUT2D eigenvalue weighted by molar-refractivity contribution is 5.92. The number of aliphatic hydroxyl groups excluding tert-OH is 1. The molecule has 6 nitrogen and oxygen atoms in total. The standard InChI is InChI=1S/C22H30O6/c1-5-6-7-12-13(9-25-17(12)23)19(4)8-14-22(26-14)18(24)21(11(2)3)16(28-21)15-20(22,10-19)27-15/h11,14-16,18,24H,5-10H2,1-4H3/t14-,15-,16-,18-,19+,20-,21-,22+/m0/s1. The first-order chi connectivity index (χ1) is 13.3. The highest BCUT2D eigenvalue weighted by Crippen LogP contribution is 2.79. The second-order valence-corrected chi connectivity index (χ2v) is 10.4. The fourth-order valence-corrected chi connectivity index (χ4v) is 7.02. The predicted octanol–water partition coefficient (Wildman–Crippen LogP) is 2.27. The van der Waals surface area contributed by atoms with Crippen molar-refractivity contribution >= 4 is 5.97 Å². The fourth-order valence-electron chi connectivity index (χ4n) is 7.02. The van der Waals surface area contributed by atoms with Gasteiger partial charge in [-0.3, -0.25) is 0 Å². The Morgan fingerprint density at radius 3 is 2.71 bits per heavy atom. The maximum absolute atomic E-state index is 12.4. The van der Waals surface area contributed by atoms with Crippen LogP contribution in [0.1, 0.15) is 59.8 Å². The average molecular weight is 390 g/mol. The third-order valence-corrected chi connectivity index (χ3v) is 8.64. The second-order valence-electron chi connectivity index (χ2n) is 10.4. The minimum atomic E-state index is -0.659. The van der Waals surface area contributed by atoms with Crippen molar-refractivity contribution in [1.29, 1.82) is 0 Å². The van der Waals surface area contributed by atoms with Gasteiger partial charge < -0.3 is 24.1 Å². The van der Waals surface area contributed by atoms with Crippen LogP contribution in [0.3, 0.4) is 0 Å². The van der Waals surface area contributed by atoms with Crippen LogP contribution in [0.25, 0.3) is 0 Å². The van der Waals surface area contributed by atoms with Gasteiger partial charge in [0, 0.05) is 5.57 Å². The van der Waals surface area contributed by atoms with Crippen molar-refractivity contribution in [3.8, 4) is 0 Å². The van der Waals surface area contributed by atoms with Gasteiger partial charge in [-0.1, -0.05) is 34.1 Å². The van der Waals surface area contributed by atoms with Crippen molar-refractivity contribution < 1.29 is 28.8 Å². The van der Waals surface area contributed by atoms with Gasteiger partial charge in [-0.25, -0.2) is 4.79 Å². The topological polar surface area (TPSA) is 84.1 Å². The number of carbonyl (C=O) groups excluding carboxylic acids is 1. The lowest BCUT2D eigenvalue weighted by Crippen LogP contribution is -2.63. The van der Waals surface area contributed by atoms with E-state index in [9.17, 15) is 9.90 Å². The van der Waals surface area contributed by atoms with Crippen LogP contribution in [0.2, 0.25) is 0 Å². The Kier molecular flexibility index (Phi) is 3.21. The molecule has 2 saturated carbocycles. The fraction of sp³-hybridized carbons (Fsp3) is 0.864. The van der Waals surface area contributed by atoms with Crippen molar-refractivity contribution in [1.82, 2.24) is 0 Å². The number of ether oxygens (including phenoxy) is 4. The monoisotopic (exact) mass is 390 g/mol. The molecular formula is C22H30O6. The van der Waals surface area contributed by atoms with Crippen molar-refractivity contribution in [2.75, 3.05) is 6.61 Å². The average Bonchev–Trinajstić information content (AvgIpc) is 3.53. The number of cyclic esters (lactones) is 1. The molecule has 0 bridgehead atoms. The zero-order valence-corrected chi connectivity index (χ0v) is 17.1. The molecule has 4 aliphatic heterocycles. The Labute approximate surface area is 165 Å². The maximum Gasteiger partial charge on any atom is 0.334 e. The summed E-state index contributed by atoms with van der Waals surface area (Å²) >= 11 is 0. The number of unbranched alkanes of at least 4 members (excludes halogenated alkanes) is 1. The molecule has 0 aromatic rings. The Morgan fingerprint density at radius 2 is 2.00 bits per heavy atom. The lowest BCUT2D eigenvalue weighted by molar-refractivity contribution is -0.136. The van der Waals surface area contributed by atoms with Crippen LogP contribution in [0, 0.1) is 11.3 Å². The van der Waals surface area contributed by atoms with E-state index in [1.165, 1.54) is 0 Å². The van der Waals surface area contributed by atoms with Crippen LogP contribution < -0.4 is 0 Å². The van der Waals surface area contributed by atoms with Crippen LogP contribution in [0.4, 0.5) is 0 Å². The van der Waals surface area contributed by atoms with Crippen molar-refractivity contribution in [3.05, 3.63) is 11.1 Å². The molecule has 0 aromatic heterocycles. The van der Waals surface area contributed by atoms with Gasteiger partial charge in [-0.2, -0.15) is 0 Å². The smallest absolute Gasteiger partial charge is 0.334 e. The van der Waals surface area contributed by atoms with Crippen LogP contribution in [-0.4, -0.2) is 58.9 Å². The van der Waals surface area contributed by atoms with Gasteiger partial charge in [0.25, 0.3) is 0 Å². The van der Waals surface area contributed by atoms with E-state index in [1.807, 2.05) is 0 Å². The molecule has 28 heavy (non-hydrogen) atoms. The predicted molar refractivity (Wildman–Crippen MR) is 98.5 cm³/mol. The normalized spacial score (nSPS) is 55.3. The highest BCUT2D eigenvalue weighted by atomic mass is 16.7. The van der Waals surface area contributed by atoms with E-state index in [4.69, 9.17) is 18.9 Å². The summed E-state index contributed by atoms with van der Waals surface area (Å²) in [5.74, 6) is 0.0588. The number of fused-ring (bicyclic) bond motifs is 2. The molecule has 5 fully saturated rings. The van der Waals surface area contributed by atoms with Gasteiger partial charge in [-0.05, 0) is 42.6 Å². The van der Waals surface area contributed by atoms with Gasteiger partial charge in [0.2, 0.25) is 0 Å². The van der Waals surface area contributed by atoms with E-state index in [-0.39, 0.29) is 35.6 Å². The van der Waals surface area contributed by atoms with Gasteiger partial charge in [-0.15, -0.1) is 0 Å². The number of epoxide rings is 3. The van der Waals surface area contributed by atoms with Gasteiger partial charge in [0.1, 0.15) is 36.1 Å². The molecule has 0 aromatic carbocycles. The van der Waals surface area contributed by atoms with Gasteiger partial charge in [0.05, 0.1) is 6.10 Å². The Morgan fingerprint density at radius 1 is 1.21 bits per heavy atom. The molecule has 0 unspecified atom stereocenters. The molecule has 0 amide bonds. The van der Waals surface area contributed by atoms with E-state index in [1.54, 1.807) is 0 Å². The van der Waals surface area contributed by atoms with Crippen molar-refractivity contribution in [3.63, 3.8) is 0 Å². The number of aliphatic hydroxyl groups is 1. The zero-order valence-electron chi connectivity index (χ0n) is 17.1. The summed E-state index contributed by atoms with van der Waals surface area (Å²) in [7, 11) is 0. The molecule has 6 rings (SSSR count). The van der Waals surface area contributed by atoms with E-state index in [2.05, 4.69) is 27.7 Å². The third-order valence-electron chi connectivity index (χ3n) is 8.64. The molecule has 2 spiro atoms. The van der Waals surface area contributed by atoms with E-state index in [0.29, 0.717) is 6.61 Å². The largest absolute Gasteiger partial charge is 0.458 e. The summed E-state index contributed by atoms with van der Waals surface area (Å²) in [6.45, 7) is 8.95. The summed E-state index contributed by atoms with van der Waals surface area (Å²) in [5, 5.41) is 11.4. The number of esters is 1. The third kappa shape index (κ3) is 1.75. The molecule has 0 radical (unpaired) electrons. The first-order valence-corrected chi connectivity index (χ1v) is 10.9. The summed E-state index contributed by atoms with van der Waals surface area (Å²) < 4.78 is 24.2. The SMILES string of the molecule is CCCCC1=C([C@]2(C)C[C@@H]3O[C@@]34[C@@H](O)[C@@]3(C(C)C)O[C@H]3[C@@H]3O[C@@]34C2)COC1=O. The maximum atomic E-state index is 12.4. The molecule has 6 heteroatoms. The minimum absolute atomic E-state index is 0.0133. The summed E-state index contributed by atoms with van der Waals surface area (Å²) in [6, 6.07) is 0. The molecule has 2 aliphatic carbocycles. The molecule has 154 valence electrons. The molecule has 4 heterocycles. The molecule has 1 N–H and O–H groups in total. The highest BCUT2D eigenvalue weighted by Gasteiger charge is 2.97. The summed E-state index contributed by atoms with van der Waals surface area (Å²) in [4.78, 5) is 12.4. The Hall–Kier alpha value is -0.950. The lowest BCUT2D eigenvalue weighted by atomic mass is 9.55. The van der Waals surface area contributed by atoms with Gasteiger partial charge in [0.15, 0.2) is 5.60 Å². The first kappa shape index (κ1) is 17.9. The van der Waals surface area contributed by atoms with Crippen LogP contribution in [0.15, 0.2) is 11.1 Å². The Bertz CT molecular complexity index is 805.